The molecular formula is C10H22BrNO2S. The predicted molar refractivity (Wildman–Crippen MR) is 68.9 cm³/mol. The molecule has 15 heavy (non-hydrogen) atoms. The summed E-state index contributed by atoms with van der Waals surface area (Å²) in [6, 6.07) is 0. The Balaban J connectivity index is 4.34. The molecule has 5 heteroatoms. The van der Waals surface area contributed by atoms with Crippen LogP contribution in [0.5, 0.6) is 0 Å². The van der Waals surface area contributed by atoms with Crippen LogP contribution < -0.4 is 4.72 Å². The topological polar surface area (TPSA) is 46.2 Å². The Morgan fingerprint density at radius 3 is 2.07 bits per heavy atom. The monoisotopic (exact) mass is 299 g/mol. The molecule has 0 radical (unpaired) electrons. The SMILES string of the molecule is CCCS(=O)(=O)NCC(CC)(CC)CBr. The van der Waals surface area contributed by atoms with Gasteiger partial charge in [-0.1, -0.05) is 36.7 Å². The molecule has 0 atom stereocenters. The van der Waals surface area contributed by atoms with Gasteiger partial charge in [0.15, 0.2) is 0 Å². The van der Waals surface area contributed by atoms with Gasteiger partial charge >= 0.3 is 0 Å². The molecular weight excluding hydrogens is 278 g/mol. The average molecular weight is 300 g/mol. The van der Waals surface area contributed by atoms with Crippen molar-refractivity contribution in [3.8, 4) is 0 Å². The first-order valence-corrected chi connectivity index (χ1v) is 8.26. The summed E-state index contributed by atoms with van der Waals surface area (Å²) in [6.07, 6.45) is 2.61. The van der Waals surface area contributed by atoms with Crippen molar-refractivity contribution < 1.29 is 8.42 Å². The summed E-state index contributed by atoms with van der Waals surface area (Å²) < 4.78 is 25.7. The zero-order chi connectivity index (χ0) is 11.9. The average Bonchev–Trinajstić information content (AvgIpc) is 2.21. The molecule has 92 valence electrons. The van der Waals surface area contributed by atoms with Gasteiger partial charge in [0.2, 0.25) is 10.0 Å². The van der Waals surface area contributed by atoms with Gasteiger partial charge in [0.1, 0.15) is 0 Å². The number of alkyl halides is 1. The summed E-state index contributed by atoms with van der Waals surface area (Å²) in [7, 11) is -3.07. The minimum Gasteiger partial charge on any atom is -0.215 e. The molecule has 0 aliphatic rings. The van der Waals surface area contributed by atoms with E-state index in [9.17, 15) is 8.42 Å². The third kappa shape index (κ3) is 5.31. The highest BCUT2D eigenvalue weighted by Gasteiger charge is 2.26. The second kappa shape index (κ2) is 6.86. The molecule has 0 rings (SSSR count). The normalized spacial score (nSPS) is 13.1. The summed E-state index contributed by atoms with van der Waals surface area (Å²) in [6.45, 7) is 6.60. The zero-order valence-corrected chi connectivity index (χ0v) is 12.2. The summed E-state index contributed by atoms with van der Waals surface area (Å²) in [5.41, 5.74) is 0.0564. The van der Waals surface area contributed by atoms with Crippen molar-refractivity contribution in [2.24, 2.45) is 5.41 Å². The van der Waals surface area contributed by atoms with E-state index in [2.05, 4.69) is 34.5 Å². The number of rotatable bonds is 8. The van der Waals surface area contributed by atoms with E-state index in [0.29, 0.717) is 13.0 Å². The van der Waals surface area contributed by atoms with Gasteiger partial charge in [-0.15, -0.1) is 0 Å². The third-order valence-corrected chi connectivity index (χ3v) is 5.64. The second-order valence-corrected chi connectivity index (χ2v) is 6.47. The van der Waals surface area contributed by atoms with Crippen LogP contribution >= 0.6 is 15.9 Å². The highest BCUT2D eigenvalue weighted by atomic mass is 79.9. The Labute approximate surface area is 102 Å². The van der Waals surface area contributed by atoms with Crippen LogP contribution in [0.3, 0.4) is 0 Å². The minimum atomic E-state index is -3.07. The molecule has 0 heterocycles. The smallest absolute Gasteiger partial charge is 0.211 e. The molecule has 0 spiro atoms. The molecule has 0 amide bonds. The number of hydrogen-bond acceptors (Lipinski definition) is 2. The Morgan fingerprint density at radius 1 is 1.20 bits per heavy atom. The van der Waals surface area contributed by atoms with Crippen molar-refractivity contribution in [2.45, 2.75) is 40.0 Å². The number of nitrogens with one attached hydrogen (secondary N) is 1. The van der Waals surface area contributed by atoms with Gasteiger partial charge in [0, 0.05) is 11.9 Å². The van der Waals surface area contributed by atoms with Gasteiger partial charge in [-0.2, -0.15) is 0 Å². The minimum absolute atomic E-state index is 0.0564. The van der Waals surface area contributed by atoms with Gasteiger partial charge in [0.25, 0.3) is 0 Å². The van der Waals surface area contributed by atoms with Gasteiger partial charge in [0.05, 0.1) is 5.75 Å². The standard InChI is InChI=1S/C10H22BrNO2S/c1-4-7-15(13,14)12-9-10(5-2,6-3)8-11/h12H,4-9H2,1-3H3. The Kier molecular flexibility index (Phi) is 7.04. The van der Waals surface area contributed by atoms with E-state index < -0.39 is 10.0 Å². The molecule has 0 aliphatic heterocycles. The number of sulfonamides is 1. The van der Waals surface area contributed by atoms with Crippen LogP contribution in [0, 0.1) is 5.41 Å². The van der Waals surface area contributed by atoms with Crippen LogP contribution in [0.2, 0.25) is 0 Å². The molecule has 0 aromatic carbocycles. The fourth-order valence-corrected chi connectivity index (χ4v) is 3.54. The largest absolute Gasteiger partial charge is 0.215 e. The Bertz CT molecular complexity index is 252. The first kappa shape index (κ1) is 15.4. The Hall–Kier alpha value is 0.390. The van der Waals surface area contributed by atoms with Crippen molar-refractivity contribution in [3.63, 3.8) is 0 Å². The van der Waals surface area contributed by atoms with E-state index in [1.54, 1.807) is 0 Å². The second-order valence-electron chi connectivity index (χ2n) is 3.98. The first-order chi connectivity index (χ1) is 6.95. The van der Waals surface area contributed by atoms with E-state index in [-0.39, 0.29) is 11.2 Å². The number of halogens is 1. The fraction of sp³-hybridized carbons (Fsp3) is 1.00. The lowest BCUT2D eigenvalue weighted by atomic mass is 9.85. The quantitative estimate of drug-likeness (QED) is 0.700. The molecule has 0 aromatic heterocycles. The van der Waals surface area contributed by atoms with E-state index in [4.69, 9.17) is 0 Å². The van der Waals surface area contributed by atoms with Gasteiger partial charge in [-0.3, -0.25) is 0 Å². The summed E-state index contributed by atoms with van der Waals surface area (Å²) >= 11 is 3.47. The molecule has 0 saturated heterocycles. The summed E-state index contributed by atoms with van der Waals surface area (Å²) in [4.78, 5) is 0. The number of hydrogen-bond donors (Lipinski definition) is 1. The van der Waals surface area contributed by atoms with Crippen LogP contribution in [-0.2, 0) is 10.0 Å². The van der Waals surface area contributed by atoms with E-state index in [1.807, 2.05) is 6.92 Å². The molecule has 0 saturated carbocycles. The summed E-state index contributed by atoms with van der Waals surface area (Å²) in [5, 5.41) is 0.835. The van der Waals surface area contributed by atoms with Crippen LogP contribution in [0.15, 0.2) is 0 Å². The van der Waals surface area contributed by atoms with Crippen LogP contribution in [0.4, 0.5) is 0 Å². The van der Waals surface area contributed by atoms with Gasteiger partial charge < -0.3 is 0 Å². The molecule has 0 aliphatic carbocycles. The highest BCUT2D eigenvalue weighted by molar-refractivity contribution is 9.09. The van der Waals surface area contributed by atoms with E-state index in [0.717, 1.165) is 18.2 Å². The predicted octanol–water partition coefficient (Wildman–Crippen LogP) is 2.52. The van der Waals surface area contributed by atoms with Crippen molar-refractivity contribution in [1.29, 1.82) is 0 Å². The molecule has 0 fully saturated rings. The molecule has 0 unspecified atom stereocenters. The van der Waals surface area contributed by atoms with E-state index in [1.165, 1.54) is 0 Å². The lowest BCUT2D eigenvalue weighted by molar-refractivity contribution is 0.309. The third-order valence-electron chi connectivity index (χ3n) is 2.92. The Morgan fingerprint density at radius 2 is 1.73 bits per heavy atom. The van der Waals surface area contributed by atoms with Crippen molar-refractivity contribution in [3.05, 3.63) is 0 Å². The first-order valence-electron chi connectivity index (χ1n) is 5.48. The summed E-state index contributed by atoms with van der Waals surface area (Å²) in [5.74, 6) is 0.221. The van der Waals surface area contributed by atoms with Gasteiger partial charge in [-0.25, -0.2) is 13.1 Å². The molecule has 0 aromatic rings. The fourth-order valence-electron chi connectivity index (χ4n) is 1.34. The van der Waals surface area contributed by atoms with Crippen molar-refractivity contribution in [1.82, 2.24) is 4.72 Å². The molecule has 3 nitrogen and oxygen atoms in total. The lowest BCUT2D eigenvalue weighted by Crippen LogP contribution is -2.39. The maximum absolute atomic E-state index is 11.5. The maximum atomic E-state index is 11.5. The van der Waals surface area contributed by atoms with Crippen LogP contribution in [0.25, 0.3) is 0 Å². The van der Waals surface area contributed by atoms with Crippen LogP contribution in [-0.4, -0.2) is 26.0 Å². The van der Waals surface area contributed by atoms with Crippen molar-refractivity contribution in [2.75, 3.05) is 17.6 Å². The van der Waals surface area contributed by atoms with Crippen LogP contribution in [0.1, 0.15) is 40.0 Å². The molecule has 0 bridgehead atoms. The van der Waals surface area contributed by atoms with E-state index >= 15 is 0 Å². The molecule has 1 N–H and O–H groups in total. The highest BCUT2D eigenvalue weighted by Crippen LogP contribution is 2.27. The maximum Gasteiger partial charge on any atom is 0.211 e. The van der Waals surface area contributed by atoms with Crippen molar-refractivity contribution >= 4 is 26.0 Å². The zero-order valence-electron chi connectivity index (χ0n) is 9.85. The lowest BCUT2D eigenvalue weighted by Gasteiger charge is -2.29. The van der Waals surface area contributed by atoms with Gasteiger partial charge in [-0.05, 0) is 24.7 Å².